The molecule has 0 amide bonds. The van der Waals surface area contributed by atoms with Crippen LogP contribution < -0.4 is 5.32 Å². The van der Waals surface area contributed by atoms with Crippen LogP contribution in [0.1, 0.15) is 25.1 Å². The predicted octanol–water partition coefficient (Wildman–Crippen LogP) is 2.40. The topological polar surface area (TPSA) is 32.3 Å². The summed E-state index contributed by atoms with van der Waals surface area (Å²) in [6, 6.07) is 6.64. The first-order valence-electron chi connectivity index (χ1n) is 4.74. The van der Waals surface area contributed by atoms with E-state index in [1.807, 2.05) is 6.92 Å². The number of alkyl halides is 1. The quantitative estimate of drug-likeness (QED) is 0.776. The molecule has 0 aliphatic heterocycles. The molecule has 0 spiro atoms. The fourth-order valence-corrected chi connectivity index (χ4v) is 1.31. The summed E-state index contributed by atoms with van der Waals surface area (Å²) in [6.07, 6.45) is -0.743. The largest absolute Gasteiger partial charge is 0.508 e. The maximum Gasteiger partial charge on any atom is 0.130 e. The highest BCUT2D eigenvalue weighted by molar-refractivity contribution is 5.33. The van der Waals surface area contributed by atoms with Crippen molar-refractivity contribution in [1.82, 2.24) is 5.32 Å². The molecule has 0 aromatic heterocycles. The second kappa shape index (κ2) is 4.96. The lowest BCUT2D eigenvalue weighted by Gasteiger charge is -2.14. The number of para-hydroxylation sites is 1. The van der Waals surface area contributed by atoms with Gasteiger partial charge in [0.1, 0.15) is 11.9 Å². The number of hydrogen-bond acceptors (Lipinski definition) is 2. The van der Waals surface area contributed by atoms with E-state index in [0.717, 1.165) is 0 Å². The first-order valence-corrected chi connectivity index (χ1v) is 4.74. The highest BCUT2D eigenvalue weighted by Gasteiger charge is 2.15. The van der Waals surface area contributed by atoms with Crippen LogP contribution in [0.25, 0.3) is 0 Å². The molecule has 2 nitrogen and oxygen atoms in total. The van der Waals surface area contributed by atoms with Gasteiger partial charge in [-0.2, -0.15) is 0 Å². The molecule has 0 heterocycles. The average Bonchev–Trinajstić information content (AvgIpc) is 2.18. The Morgan fingerprint density at radius 2 is 2.07 bits per heavy atom. The van der Waals surface area contributed by atoms with Crippen molar-refractivity contribution < 1.29 is 9.50 Å². The molecule has 0 bridgehead atoms. The molecule has 1 rings (SSSR count). The van der Waals surface area contributed by atoms with Crippen molar-refractivity contribution in [2.45, 2.75) is 25.6 Å². The zero-order chi connectivity index (χ0) is 10.6. The first kappa shape index (κ1) is 11.0. The van der Waals surface area contributed by atoms with Crippen molar-refractivity contribution in [3.05, 3.63) is 29.8 Å². The molecule has 0 fully saturated rings. The number of rotatable bonds is 4. The van der Waals surface area contributed by atoms with E-state index in [9.17, 15) is 9.50 Å². The van der Waals surface area contributed by atoms with Crippen LogP contribution in [0.4, 0.5) is 4.39 Å². The van der Waals surface area contributed by atoms with E-state index in [-0.39, 0.29) is 11.8 Å². The van der Waals surface area contributed by atoms with Crippen LogP contribution in [-0.4, -0.2) is 18.2 Å². The van der Waals surface area contributed by atoms with Gasteiger partial charge in [-0.1, -0.05) is 18.2 Å². The molecule has 0 aliphatic rings. The average molecular weight is 197 g/mol. The zero-order valence-electron chi connectivity index (χ0n) is 8.50. The number of aromatic hydroxyl groups is 1. The smallest absolute Gasteiger partial charge is 0.130 e. The molecule has 1 aromatic carbocycles. The summed E-state index contributed by atoms with van der Waals surface area (Å²) in [7, 11) is 1.79. The van der Waals surface area contributed by atoms with E-state index in [2.05, 4.69) is 5.32 Å². The van der Waals surface area contributed by atoms with E-state index in [4.69, 9.17) is 0 Å². The van der Waals surface area contributed by atoms with Crippen LogP contribution in [0.2, 0.25) is 0 Å². The van der Waals surface area contributed by atoms with Gasteiger partial charge in [0, 0.05) is 11.6 Å². The zero-order valence-corrected chi connectivity index (χ0v) is 8.50. The number of benzene rings is 1. The van der Waals surface area contributed by atoms with E-state index >= 15 is 0 Å². The minimum absolute atomic E-state index is 0.0308. The molecule has 2 atom stereocenters. The van der Waals surface area contributed by atoms with Gasteiger partial charge in [0.15, 0.2) is 0 Å². The molecular formula is C11H16FNO. The van der Waals surface area contributed by atoms with Crippen LogP contribution in [0.3, 0.4) is 0 Å². The first-order chi connectivity index (χ1) is 6.65. The molecule has 0 radical (unpaired) electrons. The second-order valence-corrected chi connectivity index (χ2v) is 3.45. The van der Waals surface area contributed by atoms with Gasteiger partial charge in [0.2, 0.25) is 0 Å². The van der Waals surface area contributed by atoms with Gasteiger partial charge in [0.25, 0.3) is 0 Å². The SMILES string of the molecule is CNC(C)CC(F)c1ccccc1O. The fraction of sp³-hybridized carbons (Fsp3) is 0.455. The Bertz CT molecular complexity index is 290. The summed E-state index contributed by atoms with van der Waals surface area (Å²) in [4.78, 5) is 0. The molecule has 2 N–H and O–H groups in total. The Balaban J connectivity index is 2.69. The van der Waals surface area contributed by atoms with Gasteiger partial charge >= 0.3 is 0 Å². The number of halogens is 1. The van der Waals surface area contributed by atoms with Gasteiger partial charge in [-0.3, -0.25) is 0 Å². The van der Waals surface area contributed by atoms with Crippen LogP contribution >= 0.6 is 0 Å². The highest BCUT2D eigenvalue weighted by Crippen LogP contribution is 2.29. The predicted molar refractivity (Wildman–Crippen MR) is 55.1 cm³/mol. The van der Waals surface area contributed by atoms with E-state index in [0.29, 0.717) is 12.0 Å². The van der Waals surface area contributed by atoms with Crippen molar-refractivity contribution in [1.29, 1.82) is 0 Å². The molecule has 2 unspecified atom stereocenters. The third kappa shape index (κ3) is 2.70. The van der Waals surface area contributed by atoms with Crippen molar-refractivity contribution in [2.75, 3.05) is 7.05 Å². The maximum atomic E-state index is 13.6. The van der Waals surface area contributed by atoms with E-state index < -0.39 is 6.17 Å². The fourth-order valence-electron chi connectivity index (χ4n) is 1.31. The molecule has 0 saturated carbocycles. The summed E-state index contributed by atoms with van der Waals surface area (Å²) in [5.74, 6) is 0.0308. The van der Waals surface area contributed by atoms with Gasteiger partial charge in [-0.15, -0.1) is 0 Å². The summed E-state index contributed by atoms with van der Waals surface area (Å²) in [5.41, 5.74) is 0.370. The molecule has 0 saturated heterocycles. The van der Waals surface area contributed by atoms with Gasteiger partial charge in [-0.05, 0) is 26.5 Å². The molecule has 14 heavy (non-hydrogen) atoms. The highest BCUT2D eigenvalue weighted by atomic mass is 19.1. The molecule has 1 aromatic rings. The van der Waals surface area contributed by atoms with Crippen LogP contribution in [0.15, 0.2) is 24.3 Å². The number of phenols is 1. The lowest BCUT2D eigenvalue weighted by atomic mass is 10.0. The maximum absolute atomic E-state index is 13.6. The van der Waals surface area contributed by atoms with Crippen molar-refractivity contribution in [3.8, 4) is 5.75 Å². The third-order valence-electron chi connectivity index (χ3n) is 2.33. The van der Waals surface area contributed by atoms with Crippen LogP contribution in [0, 0.1) is 0 Å². The Hall–Kier alpha value is -1.09. The lowest BCUT2D eigenvalue weighted by molar-refractivity contribution is 0.287. The normalized spacial score (nSPS) is 15.1. The van der Waals surface area contributed by atoms with Crippen LogP contribution in [-0.2, 0) is 0 Å². The molecule has 3 heteroatoms. The summed E-state index contributed by atoms with van der Waals surface area (Å²) in [6.45, 7) is 1.91. The van der Waals surface area contributed by atoms with E-state index in [1.54, 1.807) is 25.2 Å². The Kier molecular flexibility index (Phi) is 3.89. The minimum atomic E-state index is -1.11. The standard InChI is InChI=1S/C11H16FNO/c1-8(13-2)7-10(12)9-5-3-4-6-11(9)14/h3-6,8,10,13-14H,7H2,1-2H3. The Morgan fingerprint density at radius 1 is 1.43 bits per heavy atom. The summed E-state index contributed by atoms with van der Waals surface area (Å²) in [5, 5.41) is 12.4. The minimum Gasteiger partial charge on any atom is -0.508 e. The number of hydrogen-bond donors (Lipinski definition) is 2. The van der Waals surface area contributed by atoms with E-state index in [1.165, 1.54) is 6.07 Å². The molecule has 78 valence electrons. The van der Waals surface area contributed by atoms with Gasteiger partial charge in [-0.25, -0.2) is 4.39 Å². The molecular weight excluding hydrogens is 181 g/mol. The Morgan fingerprint density at radius 3 is 2.64 bits per heavy atom. The summed E-state index contributed by atoms with van der Waals surface area (Å²) < 4.78 is 13.6. The van der Waals surface area contributed by atoms with Crippen LogP contribution in [0.5, 0.6) is 5.75 Å². The third-order valence-corrected chi connectivity index (χ3v) is 2.33. The summed E-state index contributed by atoms with van der Waals surface area (Å²) >= 11 is 0. The number of nitrogens with one attached hydrogen (secondary N) is 1. The lowest BCUT2D eigenvalue weighted by Crippen LogP contribution is -2.22. The second-order valence-electron chi connectivity index (χ2n) is 3.45. The molecule has 0 aliphatic carbocycles. The Labute approximate surface area is 83.8 Å². The van der Waals surface area contributed by atoms with Gasteiger partial charge < -0.3 is 10.4 Å². The monoisotopic (exact) mass is 197 g/mol. The van der Waals surface area contributed by atoms with Crippen molar-refractivity contribution >= 4 is 0 Å². The van der Waals surface area contributed by atoms with Gasteiger partial charge in [0.05, 0.1) is 0 Å². The number of phenolic OH excluding ortho intramolecular Hbond substituents is 1. The van der Waals surface area contributed by atoms with Crippen molar-refractivity contribution in [3.63, 3.8) is 0 Å². The van der Waals surface area contributed by atoms with Crippen molar-refractivity contribution in [2.24, 2.45) is 0 Å².